The molecule has 2 rings (SSSR count). The number of carbonyl (C=O) groups is 1. The monoisotopic (exact) mass is 192 g/mol. The third kappa shape index (κ3) is 1.62. The highest BCUT2D eigenvalue weighted by Gasteiger charge is 2.24. The molecular formula is C10H12N2O2. The number of hydrogen-bond donors (Lipinski definition) is 2. The number of hydrazine groups is 1. The van der Waals surface area contributed by atoms with E-state index in [1.54, 1.807) is 0 Å². The van der Waals surface area contributed by atoms with Gasteiger partial charge in [0.2, 0.25) is 5.91 Å². The van der Waals surface area contributed by atoms with Gasteiger partial charge in [0.25, 0.3) is 0 Å². The Morgan fingerprint density at radius 2 is 2.57 bits per heavy atom. The Bertz CT molecular complexity index is 342. The number of carbonyl (C=O) groups excluding carboxylic acids is 1. The van der Waals surface area contributed by atoms with Gasteiger partial charge in [0.1, 0.15) is 0 Å². The van der Waals surface area contributed by atoms with E-state index in [0.29, 0.717) is 6.61 Å². The predicted molar refractivity (Wildman–Crippen MR) is 52.0 cm³/mol. The van der Waals surface area contributed by atoms with Gasteiger partial charge in [0, 0.05) is 0 Å². The van der Waals surface area contributed by atoms with E-state index in [-0.39, 0.29) is 18.4 Å². The molecule has 1 aliphatic heterocycles. The van der Waals surface area contributed by atoms with Crippen LogP contribution in [0.25, 0.3) is 0 Å². The SMILES string of the molecule is NNC(=O)CC1OCC=C2C=CC=C21. The van der Waals surface area contributed by atoms with Crippen molar-refractivity contribution < 1.29 is 9.53 Å². The molecule has 0 spiro atoms. The van der Waals surface area contributed by atoms with Crippen molar-refractivity contribution in [2.45, 2.75) is 12.5 Å². The molecule has 4 heteroatoms. The van der Waals surface area contributed by atoms with Crippen molar-refractivity contribution in [3.63, 3.8) is 0 Å². The molecule has 1 unspecified atom stereocenters. The van der Waals surface area contributed by atoms with Gasteiger partial charge in [-0.1, -0.05) is 24.3 Å². The number of allylic oxidation sites excluding steroid dienone is 3. The number of rotatable bonds is 2. The van der Waals surface area contributed by atoms with Crippen LogP contribution < -0.4 is 11.3 Å². The largest absolute Gasteiger partial charge is 0.369 e. The minimum Gasteiger partial charge on any atom is -0.369 e. The molecule has 2 aliphatic rings. The summed E-state index contributed by atoms with van der Waals surface area (Å²) in [4.78, 5) is 11.1. The van der Waals surface area contributed by atoms with Crippen LogP contribution >= 0.6 is 0 Å². The molecule has 0 saturated heterocycles. The number of ether oxygens (including phenoxy) is 1. The number of nitrogens with one attached hydrogen (secondary N) is 1. The zero-order valence-electron chi connectivity index (χ0n) is 7.69. The summed E-state index contributed by atoms with van der Waals surface area (Å²) in [5, 5.41) is 0. The maximum atomic E-state index is 11.1. The molecule has 0 saturated carbocycles. The van der Waals surface area contributed by atoms with Gasteiger partial charge in [-0.2, -0.15) is 0 Å². The molecule has 0 aromatic carbocycles. The average molecular weight is 192 g/mol. The van der Waals surface area contributed by atoms with Crippen molar-refractivity contribution in [1.29, 1.82) is 0 Å². The van der Waals surface area contributed by atoms with Crippen LogP contribution in [0.5, 0.6) is 0 Å². The van der Waals surface area contributed by atoms with Gasteiger partial charge >= 0.3 is 0 Å². The maximum absolute atomic E-state index is 11.1. The van der Waals surface area contributed by atoms with Gasteiger partial charge in [0.05, 0.1) is 19.1 Å². The minimum absolute atomic E-state index is 0.159. The first-order chi connectivity index (χ1) is 6.81. The summed E-state index contributed by atoms with van der Waals surface area (Å²) < 4.78 is 5.46. The smallest absolute Gasteiger partial charge is 0.236 e. The molecule has 1 amide bonds. The fourth-order valence-electron chi connectivity index (χ4n) is 1.67. The van der Waals surface area contributed by atoms with Crippen molar-refractivity contribution in [3.8, 4) is 0 Å². The molecular weight excluding hydrogens is 180 g/mol. The van der Waals surface area contributed by atoms with Gasteiger partial charge in [-0.15, -0.1) is 0 Å². The Hall–Kier alpha value is -1.39. The second-order valence-corrected chi connectivity index (χ2v) is 3.23. The molecule has 74 valence electrons. The number of nitrogens with two attached hydrogens (primary N) is 1. The van der Waals surface area contributed by atoms with E-state index in [4.69, 9.17) is 10.6 Å². The minimum atomic E-state index is -0.205. The van der Waals surface area contributed by atoms with E-state index < -0.39 is 0 Å². The van der Waals surface area contributed by atoms with Gasteiger partial charge in [-0.05, 0) is 11.1 Å². The summed E-state index contributed by atoms with van der Waals surface area (Å²) >= 11 is 0. The second kappa shape index (κ2) is 3.77. The van der Waals surface area contributed by atoms with Crippen LogP contribution in [0.4, 0.5) is 0 Å². The molecule has 1 heterocycles. The molecule has 4 nitrogen and oxygen atoms in total. The summed E-state index contributed by atoms with van der Waals surface area (Å²) in [7, 11) is 0. The summed E-state index contributed by atoms with van der Waals surface area (Å²) in [6.07, 6.45) is 8.08. The third-order valence-corrected chi connectivity index (χ3v) is 2.36. The lowest BCUT2D eigenvalue weighted by atomic mass is 9.99. The van der Waals surface area contributed by atoms with Crippen molar-refractivity contribution in [1.82, 2.24) is 5.43 Å². The van der Waals surface area contributed by atoms with Crippen LogP contribution in [0.3, 0.4) is 0 Å². The molecule has 3 N–H and O–H groups in total. The van der Waals surface area contributed by atoms with Gasteiger partial charge in [-0.25, -0.2) is 5.84 Å². The summed E-state index contributed by atoms with van der Waals surface area (Å²) in [6, 6.07) is 0. The molecule has 1 atom stereocenters. The molecule has 0 bridgehead atoms. The van der Waals surface area contributed by atoms with Gasteiger partial charge in [-0.3, -0.25) is 10.2 Å². The van der Waals surface area contributed by atoms with E-state index in [2.05, 4.69) is 5.43 Å². The average Bonchev–Trinajstić information content (AvgIpc) is 2.66. The van der Waals surface area contributed by atoms with Crippen molar-refractivity contribution in [2.75, 3.05) is 6.61 Å². The maximum Gasteiger partial charge on any atom is 0.236 e. The van der Waals surface area contributed by atoms with Crippen molar-refractivity contribution in [2.24, 2.45) is 5.84 Å². The quantitative estimate of drug-likeness (QED) is 0.373. The number of hydrogen-bond acceptors (Lipinski definition) is 3. The third-order valence-electron chi connectivity index (χ3n) is 2.36. The van der Waals surface area contributed by atoms with Crippen LogP contribution in [0.15, 0.2) is 35.5 Å². The van der Waals surface area contributed by atoms with E-state index >= 15 is 0 Å². The summed E-state index contributed by atoms with van der Waals surface area (Å²) in [6.45, 7) is 0.555. The lowest BCUT2D eigenvalue weighted by molar-refractivity contribution is -0.123. The van der Waals surface area contributed by atoms with Crippen molar-refractivity contribution in [3.05, 3.63) is 35.5 Å². The first kappa shape index (κ1) is 9.18. The van der Waals surface area contributed by atoms with Crippen LogP contribution in [0.1, 0.15) is 6.42 Å². The highest BCUT2D eigenvalue weighted by Crippen LogP contribution is 2.28. The lowest BCUT2D eigenvalue weighted by Crippen LogP contribution is -2.35. The first-order valence-corrected chi connectivity index (χ1v) is 4.51. The highest BCUT2D eigenvalue weighted by molar-refractivity contribution is 5.76. The Morgan fingerprint density at radius 1 is 1.71 bits per heavy atom. The normalized spacial score (nSPS) is 23.9. The Balaban J connectivity index is 2.08. The van der Waals surface area contributed by atoms with E-state index in [1.807, 2.05) is 24.3 Å². The molecule has 0 aromatic heterocycles. The molecule has 1 aliphatic carbocycles. The van der Waals surface area contributed by atoms with Gasteiger partial charge < -0.3 is 4.74 Å². The summed E-state index contributed by atoms with van der Waals surface area (Å²) in [5.74, 6) is 4.82. The number of fused-ring (bicyclic) bond motifs is 1. The van der Waals surface area contributed by atoms with E-state index in [9.17, 15) is 4.79 Å². The Labute approximate surface area is 82.1 Å². The Kier molecular flexibility index (Phi) is 2.47. The van der Waals surface area contributed by atoms with Crippen LogP contribution in [-0.2, 0) is 9.53 Å². The molecule has 0 fully saturated rings. The lowest BCUT2D eigenvalue weighted by Gasteiger charge is -2.23. The van der Waals surface area contributed by atoms with E-state index in [1.165, 1.54) is 0 Å². The fourth-order valence-corrected chi connectivity index (χ4v) is 1.67. The van der Waals surface area contributed by atoms with Crippen LogP contribution in [-0.4, -0.2) is 18.6 Å². The molecule has 0 aromatic rings. The molecule has 0 radical (unpaired) electrons. The standard InChI is InChI=1S/C10H12N2O2/c11-12-10(13)6-9-8-3-1-2-7(8)4-5-14-9/h1-4,9H,5-6,11H2,(H,12,13). The van der Waals surface area contributed by atoms with Gasteiger partial charge in [0.15, 0.2) is 0 Å². The fraction of sp³-hybridized carbons (Fsp3) is 0.300. The van der Waals surface area contributed by atoms with Crippen LogP contribution in [0.2, 0.25) is 0 Å². The molecule has 14 heavy (non-hydrogen) atoms. The topological polar surface area (TPSA) is 64.3 Å². The first-order valence-electron chi connectivity index (χ1n) is 4.51. The Morgan fingerprint density at radius 3 is 3.36 bits per heavy atom. The zero-order valence-corrected chi connectivity index (χ0v) is 7.69. The summed E-state index contributed by atoms with van der Waals surface area (Å²) in [5.41, 5.74) is 4.33. The highest BCUT2D eigenvalue weighted by atomic mass is 16.5. The predicted octanol–water partition coefficient (Wildman–Crippen LogP) is 0.188. The zero-order chi connectivity index (χ0) is 9.97. The van der Waals surface area contributed by atoms with Crippen molar-refractivity contribution >= 4 is 5.91 Å². The van der Waals surface area contributed by atoms with E-state index in [0.717, 1.165) is 11.1 Å². The number of amides is 1. The second-order valence-electron chi connectivity index (χ2n) is 3.23. The van der Waals surface area contributed by atoms with Crippen LogP contribution in [0, 0.1) is 0 Å².